The zero-order valence-electron chi connectivity index (χ0n) is 14.7. The molecule has 0 atom stereocenters. The number of benzene rings is 2. The summed E-state index contributed by atoms with van der Waals surface area (Å²) >= 11 is 3.61. The molecule has 0 amide bonds. The van der Waals surface area contributed by atoms with Gasteiger partial charge >= 0.3 is 0 Å². The van der Waals surface area contributed by atoms with Gasteiger partial charge in [-0.05, 0) is 51.7 Å². The van der Waals surface area contributed by atoms with Crippen molar-refractivity contribution in [2.75, 3.05) is 10.5 Å². The van der Waals surface area contributed by atoms with E-state index >= 15 is 0 Å². The summed E-state index contributed by atoms with van der Waals surface area (Å²) < 4.78 is 2.67. The molecule has 0 unspecified atom stereocenters. The molecule has 27 heavy (non-hydrogen) atoms. The fourth-order valence-electron chi connectivity index (χ4n) is 3.05. The predicted molar refractivity (Wildman–Crippen MR) is 110 cm³/mol. The number of anilines is 3. The second-order valence-corrected chi connectivity index (χ2v) is 7.40. The van der Waals surface area contributed by atoms with Crippen molar-refractivity contribution in [1.82, 2.24) is 14.4 Å². The molecule has 0 bridgehead atoms. The lowest BCUT2D eigenvalue weighted by molar-refractivity contribution is 0.297. The lowest BCUT2D eigenvalue weighted by Gasteiger charge is -2.23. The summed E-state index contributed by atoms with van der Waals surface area (Å²) in [6.45, 7) is 4.29. The largest absolute Gasteiger partial charge is 0.733 e. The average Bonchev–Trinajstić information content (AvgIpc) is 3.12. The van der Waals surface area contributed by atoms with Gasteiger partial charge in [0.25, 0.3) is 0 Å². The van der Waals surface area contributed by atoms with Crippen molar-refractivity contribution in [3.05, 3.63) is 64.2 Å². The summed E-state index contributed by atoms with van der Waals surface area (Å²) in [5.41, 5.74) is 3.95. The summed E-state index contributed by atoms with van der Waals surface area (Å²) in [6.07, 6.45) is 3.25. The van der Waals surface area contributed by atoms with E-state index in [1.807, 2.05) is 6.07 Å². The Kier molecular flexibility index (Phi) is 4.47. The Morgan fingerprint density at radius 3 is 2.78 bits per heavy atom. The summed E-state index contributed by atoms with van der Waals surface area (Å²) in [4.78, 5) is 8.83. The molecule has 0 spiro atoms. The van der Waals surface area contributed by atoms with Crippen LogP contribution in [0, 0.1) is 5.21 Å². The first-order valence-electron chi connectivity index (χ1n) is 8.43. The molecular weight excluding hydrogens is 410 g/mol. The van der Waals surface area contributed by atoms with Crippen LogP contribution in [0.15, 0.2) is 53.4 Å². The van der Waals surface area contributed by atoms with Crippen LogP contribution >= 0.6 is 15.9 Å². The molecule has 0 fully saturated rings. The number of nitrogens with one attached hydrogen (secondary N) is 1. The normalized spacial score (nSPS) is 11.5. The maximum absolute atomic E-state index is 11.5. The van der Waals surface area contributed by atoms with E-state index in [2.05, 4.69) is 57.2 Å². The van der Waals surface area contributed by atoms with Crippen LogP contribution in [0.3, 0.4) is 0 Å². The maximum Gasteiger partial charge on any atom is 0.157 e. The lowest BCUT2D eigenvalue weighted by Crippen LogP contribution is -2.10. The maximum atomic E-state index is 11.5. The van der Waals surface area contributed by atoms with Gasteiger partial charge in [0, 0.05) is 4.47 Å². The van der Waals surface area contributed by atoms with E-state index in [-0.39, 0.29) is 10.9 Å². The van der Waals surface area contributed by atoms with Gasteiger partial charge in [-0.15, -0.1) is 0 Å². The Balaban J connectivity index is 1.87. The molecule has 2 N–H and O–H groups in total. The average molecular weight is 427 g/mol. The van der Waals surface area contributed by atoms with Crippen molar-refractivity contribution >= 4 is 49.7 Å². The quantitative estimate of drug-likeness (QED) is 0.435. The molecule has 0 saturated heterocycles. The molecular formula is C19H17BrN5O2-. The Morgan fingerprint density at radius 1 is 1.26 bits per heavy atom. The lowest BCUT2D eigenvalue weighted by atomic mass is 10.0. The van der Waals surface area contributed by atoms with Gasteiger partial charge in [0.15, 0.2) is 5.82 Å². The van der Waals surface area contributed by atoms with Crippen LogP contribution in [0.2, 0.25) is 0 Å². The number of rotatable bonds is 4. The number of imidazole rings is 1. The van der Waals surface area contributed by atoms with Gasteiger partial charge in [-0.25, -0.2) is 9.97 Å². The first-order chi connectivity index (χ1) is 13.0. The van der Waals surface area contributed by atoms with Crippen LogP contribution in [0.4, 0.5) is 17.2 Å². The topological polar surface area (TPSA) is 88.8 Å². The number of halogens is 1. The number of nitrogens with zero attached hydrogens (tertiary/aromatic N) is 4. The molecule has 0 radical (unpaired) electrons. The molecule has 0 aliphatic heterocycles. The molecule has 2 aromatic heterocycles. The highest BCUT2D eigenvalue weighted by Gasteiger charge is 2.14. The van der Waals surface area contributed by atoms with Gasteiger partial charge < -0.3 is 15.8 Å². The fourth-order valence-corrected chi connectivity index (χ4v) is 3.54. The van der Waals surface area contributed by atoms with Crippen molar-refractivity contribution in [2.24, 2.45) is 0 Å². The van der Waals surface area contributed by atoms with Crippen molar-refractivity contribution < 1.29 is 5.21 Å². The van der Waals surface area contributed by atoms with Gasteiger partial charge in [-0.3, -0.25) is 9.61 Å². The minimum absolute atomic E-state index is 0.108. The zero-order valence-corrected chi connectivity index (χ0v) is 16.3. The van der Waals surface area contributed by atoms with Crippen LogP contribution in [0.5, 0.6) is 0 Å². The number of aromatic nitrogens is 3. The molecule has 4 aromatic rings. The third-order valence-corrected chi connectivity index (χ3v) is 5.12. The number of para-hydroxylation sites is 1. The Morgan fingerprint density at radius 2 is 2.07 bits per heavy atom. The van der Waals surface area contributed by atoms with Crippen LogP contribution < -0.4 is 10.5 Å². The summed E-state index contributed by atoms with van der Waals surface area (Å²) in [7, 11) is 0. The van der Waals surface area contributed by atoms with E-state index in [9.17, 15) is 10.4 Å². The van der Waals surface area contributed by atoms with Gasteiger partial charge in [-0.2, -0.15) is 0 Å². The molecule has 138 valence electrons. The second kappa shape index (κ2) is 6.80. The standard InChI is InChI=1S/C19H17BrN5O2/c1-11(2)12-6-7-14(13(20)8-12)22-19-17-9-21-10-24(17)18-15(23-19)4-3-5-16(18)25(26)27/h3-11,26H,1-2H3,(H,22,23)/q-1. The third kappa shape index (κ3) is 3.12. The Hall–Kier alpha value is -2.68. The highest BCUT2D eigenvalue weighted by Crippen LogP contribution is 2.33. The van der Waals surface area contributed by atoms with Crippen molar-refractivity contribution in [1.29, 1.82) is 0 Å². The fraction of sp³-hybridized carbons (Fsp3) is 0.158. The van der Waals surface area contributed by atoms with E-state index < -0.39 is 0 Å². The second-order valence-electron chi connectivity index (χ2n) is 6.55. The molecule has 8 heteroatoms. The molecule has 0 aliphatic rings. The van der Waals surface area contributed by atoms with Crippen LogP contribution in [0.25, 0.3) is 16.6 Å². The van der Waals surface area contributed by atoms with Crippen LogP contribution in [-0.4, -0.2) is 19.6 Å². The smallest absolute Gasteiger partial charge is 0.157 e. The number of hydrogen-bond donors (Lipinski definition) is 2. The van der Waals surface area contributed by atoms with E-state index in [1.54, 1.807) is 29.1 Å². The predicted octanol–water partition coefficient (Wildman–Crippen LogP) is 5.21. The molecule has 2 heterocycles. The SMILES string of the molecule is CC(C)c1ccc(Nc2nc3cccc(N([O-])O)c3n3cncc23)c(Br)c1. The molecule has 0 saturated carbocycles. The summed E-state index contributed by atoms with van der Waals surface area (Å²) in [5, 5.41) is 24.1. The first kappa shape index (κ1) is 17.7. The monoisotopic (exact) mass is 426 g/mol. The summed E-state index contributed by atoms with van der Waals surface area (Å²) in [5.74, 6) is 1.04. The van der Waals surface area contributed by atoms with Gasteiger partial charge in [0.2, 0.25) is 0 Å². The van der Waals surface area contributed by atoms with E-state index in [4.69, 9.17) is 0 Å². The number of fused-ring (bicyclic) bond motifs is 3. The number of hydrogen-bond acceptors (Lipinski definition) is 6. The van der Waals surface area contributed by atoms with Crippen molar-refractivity contribution in [3.63, 3.8) is 0 Å². The van der Waals surface area contributed by atoms with Gasteiger partial charge in [0.05, 0.1) is 34.9 Å². The van der Waals surface area contributed by atoms with Crippen LogP contribution in [-0.2, 0) is 0 Å². The molecule has 7 nitrogen and oxygen atoms in total. The zero-order chi connectivity index (χ0) is 19.1. The van der Waals surface area contributed by atoms with E-state index in [0.717, 1.165) is 10.2 Å². The van der Waals surface area contributed by atoms with E-state index in [1.165, 1.54) is 11.6 Å². The van der Waals surface area contributed by atoms with Crippen LogP contribution in [0.1, 0.15) is 25.3 Å². The van der Waals surface area contributed by atoms with Crippen molar-refractivity contribution in [3.8, 4) is 0 Å². The molecule has 4 rings (SSSR count). The minimum atomic E-state index is -0.155. The third-order valence-electron chi connectivity index (χ3n) is 4.47. The molecule has 2 aromatic carbocycles. The van der Waals surface area contributed by atoms with Gasteiger partial charge in [0.1, 0.15) is 5.52 Å². The van der Waals surface area contributed by atoms with E-state index in [0.29, 0.717) is 28.3 Å². The molecule has 0 aliphatic carbocycles. The Bertz CT molecular complexity index is 1140. The highest BCUT2D eigenvalue weighted by atomic mass is 79.9. The Labute approximate surface area is 163 Å². The van der Waals surface area contributed by atoms with Crippen molar-refractivity contribution in [2.45, 2.75) is 19.8 Å². The first-order valence-corrected chi connectivity index (χ1v) is 9.22. The minimum Gasteiger partial charge on any atom is -0.733 e. The summed E-state index contributed by atoms with van der Waals surface area (Å²) in [6, 6.07) is 11.1. The highest BCUT2D eigenvalue weighted by molar-refractivity contribution is 9.10. The van der Waals surface area contributed by atoms with Gasteiger partial charge in [-0.1, -0.05) is 26.0 Å².